The molecule has 36 heavy (non-hydrogen) atoms. The quantitative estimate of drug-likeness (QED) is 0.393. The highest BCUT2D eigenvalue weighted by atomic mass is 35.5. The number of alkyl halides is 2. The summed E-state index contributed by atoms with van der Waals surface area (Å²) in [6.07, 6.45) is -0.0482. The summed E-state index contributed by atoms with van der Waals surface area (Å²) in [5, 5.41) is 2.79. The highest BCUT2D eigenvalue weighted by molar-refractivity contribution is 6.36. The zero-order valence-electron chi connectivity index (χ0n) is 19.3. The molecular weight excluding hydrogens is 499 g/mol. The molecule has 1 aliphatic heterocycles. The molecule has 1 N–H and O–H groups in total. The second kappa shape index (κ2) is 8.08. The molecule has 6 nitrogen and oxygen atoms in total. The Balaban J connectivity index is 1.31. The molecule has 1 heterocycles. The molecule has 1 fully saturated rings. The number of nitrogens with zero attached hydrogens (tertiary/aromatic N) is 1. The summed E-state index contributed by atoms with van der Waals surface area (Å²) in [4.78, 5) is 38.9. The average Bonchev–Trinajstić information content (AvgIpc) is 3.17. The van der Waals surface area contributed by atoms with Crippen molar-refractivity contribution in [2.24, 2.45) is 11.8 Å². The van der Waals surface area contributed by atoms with Crippen molar-refractivity contribution in [2.75, 3.05) is 19.0 Å². The smallest absolute Gasteiger partial charge is 0.235 e. The Morgan fingerprint density at radius 1 is 0.833 bits per heavy atom. The van der Waals surface area contributed by atoms with E-state index in [1.165, 1.54) is 0 Å². The Morgan fingerprint density at radius 2 is 1.28 bits per heavy atom. The molecule has 3 aromatic carbocycles. The van der Waals surface area contributed by atoms with Crippen LogP contribution in [0.4, 0.5) is 5.69 Å². The number of imide groups is 1. The first-order valence-corrected chi connectivity index (χ1v) is 12.4. The van der Waals surface area contributed by atoms with Crippen LogP contribution in [-0.2, 0) is 24.1 Å². The van der Waals surface area contributed by atoms with Crippen LogP contribution in [0.5, 0.6) is 5.75 Å². The Kier molecular flexibility index (Phi) is 5.18. The third-order valence-corrected chi connectivity index (χ3v) is 8.90. The van der Waals surface area contributed by atoms with Crippen molar-refractivity contribution >= 4 is 46.6 Å². The summed E-state index contributed by atoms with van der Waals surface area (Å²) in [6, 6.07) is 21.9. The molecule has 7 rings (SSSR count). The highest BCUT2D eigenvalue weighted by Crippen LogP contribution is 2.69. The van der Waals surface area contributed by atoms with Gasteiger partial charge in [0.05, 0.1) is 18.9 Å². The van der Waals surface area contributed by atoms with E-state index in [0.29, 0.717) is 11.4 Å². The molecule has 182 valence electrons. The molecule has 0 saturated carbocycles. The number of anilines is 1. The fourth-order valence-electron chi connectivity index (χ4n) is 6.06. The van der Waals surface area contributed by atoms with Gasteiger partial charge in [-0.05, 0) is 46.5 Å². The SMILES string of the molecule is COc1ccc(NC(=O)CCN2C(=O)[C@@H]3[C@@H](C2=O)C2(Cl)c4ccccc4C3(Cl)c3ccccc32)cc1. The van der Waals surface area contributed by atoms with Gasteiger partial charge >= 0.3 is 0 Å². The van der Waals surface area contributed by atoms with Gasteiger partial charge in [0.1, 0.15) is 15.5 Å². The second-order valence-corrected chi connectivity index (χ2v) is 10.5. The van der Waals surface area contributed by atoms with Crippen LogP contribution in [0.2, 0.25) is 0 Å². The van der Waals surface area contributed by atoms with Crippen LogP contribution >= 0.6 is 23.2 Å². The number of benzene rings is 3. The molecule has 1 saturated heterocycles. The number of methoxy groups -OCH3 is 1. The summed E-state index contributed by atoms with van der Waals surface area (Å²) < 4.78 is 5.13. The van der Waals surface area contributed by atoms with Crippen LogP contribution in [0.1, 0.15) is 28.7 Å². The monoisotopic (exact) mass is 520 g/mol. The van der Waals surface area contributed by atoms with E-state index < -0.39 is 33.4 Å². The molecule has 0 aromatic heterocycles. The summed E-state index contributed by atoms with van der Waals surface area (Å²) in [6.45, 7) is -0.0563. The van der Waals surface area contributed by atoms with Crippen molar-refractivity contribution in [1.82, 2.24) is 4.90 Å². The molecule has 3 amide bonds. The molecular formula is C28H22Cl2N2O4. The molecule has 8 heteroatoms. The van der Waals surface area contributed by atoms with Crippen molar-refractivity contribution in [3.63, 3.8) is 0 Å². The average molecular weight is 521 g/mol. The van der Waals surface area contributed by atoms with Gasteiger partial charge in [-0.25, -0.2) is 0 Å². The minimum Gasteiger partial charge on any atom is -0.497 e. The van der Waals surface area contributed by atoms with E-state index in [2.05, 4.69) is 5.32 Å². The lowest BCUT2D eigenvalue weighted by Gasteiger charge is -2.54. The van der Waals surface area contributed by atoms with Crippen molar-refractivity contribution in [3.8, 4) is 5.75 Å². The summed E-state index contributed by atoms with van der Waals surface area (Å²) in [5.74, 6) is -2.16. The van der Waals surface area contributed by atoms with Gasteiger partial charge in [0.2, 0.25) is 17.7 Å². The van der Waals surface area contributed by atoms with Gasteiger partial charge in [0.25, 0.3) is 0 Å². The summed E-state index contributed by atoms with van der Waals surface area (Å²) in [7, 11) is 1.56. The third-order valence-electron chi connectivity index (χ3n) is 7.61. The predicted molar refractivity (Wildman–Crippen MR) is 136 cm³/mol. The molecule has 3 aromatic rings. The number of carbonyl (C=O) groups excluding carboxylic acids is 3. The van der Waals surface area contributed by atoms with Crippen molar-refractivity contribution in [3.05, 3.63) is 95.1 Å². The molecule has 0 spiro atoms. The number of rotatable bonds is 5. The van der Waals surface area contributed by atoms with Crippen LogP contribution in [-0.4, -0.2) is 36.3 Å². The van der Waals surface area contributed by atoms with Gasteiger partial charge in [0, 0.05) is 18.7 Å². The van der Waals surface area contributed by atoms with E-state index in [1.807, 2.05) is 48.5 Å². The highest BCUT2D eigenvalue weighted by Gasteiger charge is 2.72. The maximum atomic E-state index is 13.8. The normalized spacial score (nSPS) is 27.4. The van der Waals surface area contributed by atoms with Gasteiger partial charge < -0.3 is 10.1 Å². The van der Waals surface area contributed by atoms with Gasteiger partial charge in [0.15, 0.2) is 0 Å². The number of likely N-dealkylation sites (tertiary alicyclic amines) is 1. The van der Waals surface area contributed by atoms with Crippen molar-refractivity contribution in [1.29, 1.82) is 0 Å². The van der Waals surface area contributed by atoms with E-state index in [-0.39, 0.29) is 18.9 Å². The van der Waals surface area contributed by atoms with E-state index in [0.717, 1.165) is 27.2 Å². The first-order valence-electron chi connectivity index (χ1n) is 11.7. The van der Waals surface area contributed by atoms with Crippen LogP contribution in [0, 0.1) is 11.8 Å². The number of ether oxygens (including phenoxy) is 1. The first kappa shape index (κ1) is 23.1. The lowest BCUT2D eigenvalue weighted by atomic mass is 9.54. The number of hydrogen-bond acceptors (Lipinski definition) is 4. The Hall–Kier alpha value is -3.35. The van der Waals surface area contributed by atoms with Crippen LogP contribution < -0.4 is 10.1 Å². The predicted octanol–water partition coefficient (Wildman–Crippen LogP) is 4.62. The maximum Gasteiger partial charge on any atom is 0.235 e. The standard InChI is InChI=1S/C28H22Cl2N2O4/c1-36-17-12-10-16(11-13-17)31-22(33)14-15-32-25(34)23-24(26(32)35)28(30)19-7-3-2-6-18(19)27(23,29)20-8-4-5-9-21(20)28/h2-13,23-24H,14-15H2,1H3,(H,31,33)/t23-,24-,27?,28?/m0/s1. The molecule has 3 aliphatic carbocycles. The van der Waals surface area contributed by atoms with Gasteiger partial charge in [-0.15, -0.1) is 23.2 Å². The number of hydrogen-bond donors (Lipinski definition) is 1. The fourth-order valence-corrected chi connectivity index (χ4v) is 7.15. The second-order valence-electron chi connectivity index (χ2n) is 9.32. The number of carbonyl (C=O) groups is 3. The van der Waals surface area contributed by atoms with Crippen LogP contribution in [0.15, 0.2) is 72.8 Å². The number of halogens is 2. The van der Waals surface area contributed by atoms with E-state index in [9.17, 15) is 14.4 Å². The topological polar surface area (TPSA) is 75.7 Å². The largest absolute Gasteiger partial charge is 0.497 e. The van der Waals surface area contributed by atoms with Crippen LogP contribution in [0.3, 0.4) is 0 Å². The number of nitrogens with one attached hydrogen (secondary N) is 1. The Bertz CT molecular complexity index is 1300. The molecule has 2 bridgehead atoms. The molecule has 2 atom stereocenters. The van der Waals surface area contributed by atoms with Gasteiger partial charge in [-0.1, -0.05) is 48.5 Å². The molecule has 4 aliphatic rings. The Morgan fingerprint density at radius 3 is 1.69 bits per heavy atom. The minimum atomic E-state index is -1.22. The lowest BCUT2D eigenvalue weighted by Crippen LogP contribution is -2.57. The minimum absolute atomic E-state index is 0.0482. The van der Waals surface area contributed by atoms with E-state index >= 15 is 0 Å². The van der Waals surface area contributed by atoms with Crippen molar-refractivity contribution in [2.45, 2.75) is 16.2 Å². The first-order chi connectivity index (χ1) is 17.3. The third kappa shape index (κ3) is 2.95. The number of amides is 3. The summed E-state index contributed by atoms with van der Waals surface area (Å²) in [5.41, 5.74) is 3.60. The zero-order chi connectivity index (χ0) is 25.2. The molecule has 0 radical (unpaired) electrons. The van der Waals surface area contributed by atoms with Gasteiger partial charge in [-0.3, -0.25) is 19.3 Å². The fraction of sp³-hybridized carbons (Fsp3) is 0.250. The summed E-state index contributed by atoms with van der Waals surface area (Å²) >= 11 is 14.8. The lowest BCUT2D eigenvalue weighted by molar-refractivity contribution is -0.140. The van der Waals surface area contributed by atoms with Crippen LogP contribution in [0.25, 0.3) is 0 Å². The zero-order valence-corrected chi connectivity index (χ0v) is 20.8. The van der Waals surface area contributed by atoms with Crippen molar-refractivity contribution < 1.29 is 19.1 Å². The van der Waals surface area contributed by atoms with E-state index in [4.69, 9.17) is 27.9 Å². The van der Waals surface area contributed by atoms with Gasteiger partial charge in [-0.2, -0.15) is 0 Å². The van der Waals surface area contributed by atoms with E-state index in [1.54, 1.807) is 31.4 Å². The maximum absolute atomic E-state index is 13.8. The Labute approximate surface area is 218 Å². The molecule has 0 unspecified atom stereocenters.